The first-order chi connectivity index (χ1) is 6.58. The fourth-order valence-corrected chi connectivity index (χ4v) is 1.76. The van der Waals surface area contributed by atoms with Gasteiger partial charge in [-0.25, -0.2) is 0 Å². The highest BCUT2D eigenvalue weighted by Gasteiger charge is 2.30. The summed E-state index contributed by atoms with van der Waals surface area (Å²) in [5, 5.41) is 9.98. The fourth-order valence-electron chi connectivity index (χ4n) is 1.54. The molecule has 74 valence electrons. The lowest BCUT2D eigenvalue weighted by atomic mass is 10.1. The van der Waals surface area contributed by atoms with Crippen LogP contribution in [0, 0.1) is 6.92 Å². The van der Waals surface area contributed by atoms with Gasteiger partial charge in [0.15, 0.2) is 5.11 Å². The molecule has 1 aromatic heterocycles. The topological polar surface area (TPSA) is 59.0 Å². The van der Waals surface area contributed by atoms with E-state index >= 15 is 0 Å². The number of aromatic nitrogens is 2. The van der Waals surface area contributed by atoms with Crippen molar-refractivity contribution >= 4 is 23.2 Å². The summed E-state index contributed by atoms with van der Waals surface area (Å²) in [5.41, 5.74) is 1.70. The normalized spacial score (nSPS) is 20.9. The largest absolute Gasteiger partial charge is 0.347 e. The Morgan fingerprint density at radius 3 is 2.79 bits per heavy atom. The SMILES string of the molecule is Cc1nn(C)cc1C1NC(=S)NC1=O. The van der Waals surface area contributed by atoms with E-state index in [1.54, 1.807) is 4.68 Å². The van der Waals surface area contributed by atoms with Crippen LogP contribution < -0.4 is 10.6 Å². The summed E-state index contributed by atoms with van der Waals surface area (Å²) < 4.78 is 1.68. The van der Waals surface area contributed by atoms with Crippen molar-refractivity contribution in [2.24, 2.45) is 7.05 Å². The molecule has 0 spiro atoms. The Bertz CT molecular complexity index is 411. The van der Waals surface area contributed by atoms with E-state index in [-0.39, 0.29) is 5.91 Å². The summed E-state index contributed by atoms with van der Waals surface area (Å²) in [7, 11) is 1.82. The number of rotatable bonds is 1. The molecule has 2 rings (SSSR count). The predicted molar refractivity (Wildman–Crippen MR) is 54.6 cm³/mol. The van der Waals surface area contributed by atoms with Gasteiger partial charge in [-0.1, -0.05) is 0 Å². The number of carbonyl (C=O) groups excluding carboxylic acids is 1. The number of amides is 1. The maximum atomic E-state index is 11.4. The van der Waals surface area contributed by atoms with Gasteiger partial charge < -0.3 is 10.6 Å². The van der Waals surface area contributed by atoms with Gasteiger partial charge in [-0.3, -0.25) is 9.48 Å². The minimum absolute atomic E-state index is 0.119. The average molecular weight is 210 g/mol. The van der Waals surface area contributed by atoms with E-state index in [2.05, 4.69) is 15.7 Å². The van der Waals surface area contributed by atoms with Crippen molar-refractivity contribution in [1.82, 2.24) is 20.4 Å². The highest BCUT2D eigenvalue weighted by molar-refractivity contribution is 7.80. The lowest BCUT2D eigenvalue weighted by Crippen LogP contribution is -2.21. The molecule has 1 fully saturated rings. The molecule has 1 unspecified atom stereocenters. The monoisotopic (exact) mass is 210 g/mol. The predicted octanol–water partition coefficient (Wildman–Crippen LogP) is -0.226. The average Bonchev–Trinajstić information content (AvgIpc) is 2.55. The Kier molecular flexibility index (Phi) is 1.99. The number of hydrogen-bond donors (Lipinski definition) is 2. The Hall–Kier alpha value is -1.43. The first-order valence-electron chi connectivity index (χ1n) is 4.19. The lowest BCUT2D eigenvalue weighted by molar-refractivity contribution is -0.120. The van der Waals surface area contributed by atoms with E-state index in [0.29, 0.717) is 5.11 Å². The molecule has 5 nitrogen and oxygen atoms in total. The number of nitrogens with one attached hydrogen (secondary N) is 2. The summed E-state index contributed by atoms with van der Waals surface area (Å²) in [6.07, 6.45) is 1.82. The summed E-state index contributed by atoms with van der Waals surface area (Å²) in [4.78, 5) is 11.4. The Morgan fingerprint density at radius 2 is 2.36 bits per heavy atom. The van der Waals surface area contributed by atoms with Gasteiger partial charge in [-0.2, -0.15) is 5.10 Å². The maximum Gasteiger partial charge on any atom is 0.253 e. The number of hydrogen-bond acceptors (Lipinski definition) is 3. The quantitative estimate of drug-likeness (QED) is 0.629. The van der Waals surface area contributed by atoms with Crippen LogP contribution in [0.5, 0.6) is 0 Å². The van der Waals surface area contributed by atoms with Gasteiger partial charge in [0, 0.05) is 18.8 Å². The van der Waals surface area contributed by atoms with Crippen LogP contribution in [0.15, 0.2) is 6.20 Å². The molecule has 1 amide bonds. The Morgan fingerprint density at radius 1 is 1.64 bits per heavy atom. The second kappa shape index (κ2) is 3.06. The molecule has 1 aliphatic heterocycles. The molecule has 1 aromatic rings. The van der Waals surface area contributed by atoms with E-state index in [0.717, 1.165) is 11.3 Å². The molecule has 0 aromatic carbocycles. The third kappa shape index (κ3) is 1.37. The zero-order valence-corrected chi connectivity index (χ0v) is 8.68. The van der Waals surface area contributed by atoms with E-state index in [1.807, 2.05) is 20.2 Å². The molecule has 0 aliphatic carbocycles. The first kappa shape index (κ1) is 9.14. The van der Waals surface area contributed by atoms with Gasteiger partial charge in [-0.05, 0) is 19.1 Å². The molecule has 0 bridgehead atoms. The van der Waals surface area contributed by atoms with Gasteiger partial charge >= 0.3 is 0 Å². The molecule has 14 heavy (non-hydrogen) atoms. The van der Waals surface area contributed by atoms with Crippen molar-refractivity contribution < 1.29 is 4.79 Å². The van der Waals surface area contributed by atoms with Gasteiger partial charge in [0.05, 0.1) is 5.69 Å². The van der Waals surface area contributed by atoms with Crippen molar-refractivity contribution in [2.45, 2.75) is 13.0 Å². The standard InChI is InChI=1S/C8H10N4OS/c1-4-5(3-12(2)11-4)6-7(13)10-8(14)9-6/h3,6H,1-2H3,(H2,9,10,13,14). The number of carbonyl (C=O) groups is 1. The highest BCUT2D eigenvalue weighted by atomic mass is 32.1. The van der Waals surface area contributed by atoms with Crippen molar-refractivity contribution in [2.75, 3.05) is 0 Å². The third-order valence-electron chi connectivity index (χ3n) is 2.14. The van der Waals surface area contributed by atoms with Crippen LogP contribution in [-0.4, -0.2) is 20.8 Å². The van der Waals surface area contributed by atoms with Crippen LogP contribution in [0.25, 0.3) is 0 Å². The van der Waals surface area contributed by atoms with Crippen molar-refractivity contribution in [3.8, 4) is 0 Å². The first-order valence-corrected chi connectivity index (χ1v) is 4.60. The van der Waals surface area contributed by atoms with Crippen LogP contribution in [-0.2, 0) is 11.8 Å². The number of aryl methyl sites for hydroxylation is 2. The highest BCUT2D eigenvalue weighted by Crippen LogP contribution is 2.18. The third-order valence-corrected chi connectivity index (χ3v) is 2.36. The van der Waals surface area contributed by atoms with E-state index in [1.165, 1.54) is 0 Å². The maximum absolute atomic E-state index is 11.4. The number of nitrogens with zero attached hydrogens (tertiary/aromatic N) is 2. The van der Waals surface area contributed by atoms with Gasteiger partial charge in [0.2, 0.25) is 0 Å². The molecule has 1 atom stereocenters. The second-order valence-corrected chi connectivity index (χ2v) is 3.65. The minimum atomic E-state index is -0.392. The van der Waals surface area contributed by atoms with Crippen LogP contribution in [0.2, 0.25) is 0 Å². The van der Waals surface area contributed by atoms with Crippen LogP contribution in [0.1, 0.15) is 17.3 Å². The van der Waals surface area contributed by atoms with Crippen LogP contribution >= 0.6 is 12.2 Å². The molecule has 0 radical (unpaired) electrons. The zero-order valence-electron chi connectivity index (χ0n) is 7.87. The summed E-state index contributed by atoms with van der Waals surface area (Å²) in [6.45, 7) is 1.87. The molecular weight excluding hydrogens is 200 g/mol. The Labute approximate surface area is 86.5 Å². The summed E-state index contributed by atoms with van der Waals surface area (Å²) >= 11 is 4.85. The van der Waals surface area contributed by atoms with Crippen molar-refractivity contribution in [1.29, 1.82) is 0 Å². The van der Waals surface area contributed by atoms with Crippen molar-refractivity contribution in [3.05, 3.63) is 17.5 Å². The van der Waals surface area contributed by atoms with E-state index < -0.39 is 6.04 Å². The molecule has 2 heterocycles. The second-order valence-electron chi connectivity index (χ2n) is 3.24. The fraction of sp³-hybridized carbons (Fsp3) is 0.375. The zero-order chi connectivity index (χ0) is 10.3. The van der Waals surface area contributed by atoms with E-state index in [9.17, 15) is 4.79 Å². The van der Waals surface area contributed by atoms with E-state index in [4.69, 9.17) is 12.2 Å². The molecule has 6 heteroatoms. The molecule has 1 aliphatic rings. The van der Waals surface area contributed by atoms with Crippen molar-refractivity contribution in [3.63, 3.8) is 0 Å². The molecule has 0 saturated carbocycles. The lowest BCUT2D eigenvalue weighted by Gasteiger charge is -2.04. The smallest absolute Gasteiger partial charge is 0.253 e. The van der Waals surface area contributed by atoms with Crippen LogP contribution in [0.3, 0.4) is 0 Å². The molecule has 1 saturated heterocycles. The summed E-state index contributed by atoms with van der Waals surface area (Å²) in [6, 6.07) is -0.392. The number of thiocarbonyl (C=S) groups is 1. The summed E-state index contributed by atoms with van der Waals surface area (Å²) in [5.74, 6) is -0.119. The minimum Gasteiger partial charge on any atom is -0.347 e. The van der Waals surface area contributed by atoms with Gasteiger partial charge in [-0.15, -0.1) is 0 Å². The molecular formula is C8H10N4OS. The molecule has 2 N–H and O–H groups in total. The van der Waals surface area contributed by atoms with Gasteiger partial charge in [0.1, 0.15) is 6.04 Å². The van der Waals surface area contributed by atoms with Gasteiger partial charge in [0.25, 0.3) is 5.91 Å². The van der Waals surface area contributed by atoms with Crippen LogP contribution in [0.4, 0.5) is 0 Å². The Balaban J connectivity index is 2.36.